The lowest BCUT2D eigenvalue weighted by atomic mass is 10.1. The lowest BCUT2D eigenvalue weighted by Gasteiger charge is -2.19. The smallest absolute Gasteiger partial charge is 0.239 e. The van der Waals surface area contributed by atoms with E-state index in [1.807, 2.05) is 0 Å². The molecule has 25 heavy (non-hydrogen) atoms. The van der Waals surface area contributed by atoms with Crippen LogP contribution < -0.4 is 5.32 Å². The Bertz CT molecular complexity index is 841. The zero-order valence-corrected chi connectivity index (χ0v) is 15.1. The average molecular weight is 385 g/mol. The number of hydrogen-bond acceptors (Lipinski definition) is 3. The minimum atomic E-state index is -3.57. The summed E-state index contributed by atoms with van der Waals surface area (Å²) in [7, 11) is -3.57. The molecular weight excluding hydrogens is 367 g/mol. The first-order chi connectivity index (χ1) is 11.7. The lowest BCUT2D eigenvalue weighted by Crippen LogP contribution is -2.38. The maximum atomic E-state index is 12.9. The van der Waals surface area contributed by atoms with Gasteiger partial charge in [-0.15, -0.1) is 0 Å². The molecule has 0 saturated carbocycles. The van der Waals surface area contributed by atoms with Crippen LogP contribution in [-0.2, 0) is 21.2 Å². The minimum Gasteiger partial charge on any atom is -0.325 e. The minimum absolute atomic E-state index is 0.118. The number of sulfonamides is 1. The Balaban J connectivity index is 2.00. The normalized spacial score (nSPS) is 11.5. The maximum absolute atomic E-state index is 12.9. The highest BCUT2D eigenvalue weighted by Gasteiger charge is 2.20. The number of amides is 1. The van der Waals surface area contributed by atoms with Gasteiger partial charge in [0, 0.05) is 17.3 Å². The van der Waals surface area contributed by atoms with E-state index >= 15 is 0 Å². The van der Waals surface area contributed by atoms with Crippen molar-refractivity contribution in [2.24, 2.45) is 0 Å². The van der Waals surface area contributed by atoms with Crippen LogP contribution >= 0.6 is 11.6 Å². The summed E-state index contributed by atoms with van der Waals surface area (Å²) in [4.78, 5) is 12.1. The summed E-state index contributed by atoms with van der Waals surface area (Å²) in [6.45, 7) is -0.194. The Morgan fingerprint density at radius 1 is 1.20 bits per heavy atom. The summed E-state index contributed by atoms with van der Waals surface area (Å²) in [5.41, 5.74) is 1.27. The van der Waals surface area contributed by atoms with E-state index in [1.165, 1.54) is 12.1 Å². The molecule has 0 aromatic heterocycles. The van der Waals surface area contributed by atoms with Gasteiger partial charge in [0.25, 0.3) is 0 Å². The molecule has 8 heteroatoms. The number of hydrogen-bond donors (Lipinski definition) is 1. The second-order valence-corrected chi connectivity index (χ2v) is 7.95. The number of nitrogens with zero attached hydrogens (tertiary/aromatic N) is 1. The number of halogens is 2. The molecule has 1 N–H and O–H groups in total. The summed E-state index contributed by atoms with van der Waals surface area (Å²) >= 11 is 5.85. The first kappa shape index (κ1) is 19.4. The number of carbonyl (C=O) groups excluding carboxylic acids is 1. The summed E-state index contributed by atoms with van der Waals surface area (Å²) in [5, 5.41) is 3.08. The number of rotatable bonds is 7. The van der Waals surface area contributed by atoms with Crippen LogP contribution in [0.1, 0.15) is 5.56 Å². The molecule has 0 atom stereocenters. The van der Waals surface area contributed by atoms with Crippen LogP contribution in [0.3, 0.4) is 0 Å². The third kappa shape index (κ3) is 6.45. The van der Waals surface area contributed by atoms with Gasteiger partial charge < -0.3 is 5.32 Å². The second-order valence-electron chi connectivity index (χ2n) is 5.53. The van der Waals surface area contributed by atoms with Crippen LogP contribution in [0.25, 0.3) is 0 Å². The van der Waals surface area contributed by atoms with Crippen LogP contribution in [0.4, 0.5) is 10.1 Å². The quantitative estimate of drug-likeness (QED) is 0.798. The molecule has 0 radical (unpaired) electrons. The van der Waals surface area contributed by atoms with E-state index in [9.17, 15) is 17.6 Å². The molecule has 0 aliphatic carbocycles. The van der Waals surface area contributed by atoms with E-state index in [2.05, 4.69) is 5.32 Å². The van der Waals surface area contributed by atoms with Gasteiger partial charge in [0.1, 0.15) is 5.82 Å². The van der Waals surface area contributed by atoms with Crippen LogP contribution in [0.5, 0.6) is 0 Å². The SMILES string of the molecule is CS(=O)(=O)N(CCc1ccc(F)cc1)CC(=O)Nc1cccc(Cl)c1. The van der Waals surface area contributed by atoms with E-state index in [4.69, 9.17) is 11.6 Å². The number of carbonyl (C=O) groups is 1. The van der Waals surface area contributed by atoms with Gasteiger partial charge in [0.15, 0.2) is 0 Å². The predicted octanol–water partition coefficient (Wildman–Crippen LogP) is 2.92. The van der Waals surface area contributed by atoms with E-state index in [-0.39, 0.29) is 18.9 Å². The molecule has 1 amide bonds. The standard InChI is InChI=1S/C17H18ClFN2O3S/c1-25(23,24)21(10-9-13-5-7-15(19)8-6-13)12-17(22)20-16-4-2-3-14(18)11-16/h2-8,11H,9-10,12H2,1H3,(H,20,22). The molecule has 0 bridgehead atoms. The van der Waals surface area contributed by atoms with Gasteiger partial charge in [0.05, 0.1) is 12.8 Å². The molecule has 134 valence electrons. The van der Waals surface area contributed by atoms with Crippen LogP contribution in [0, 0.1) is 5.82 Å². The van der Waals surface area contributed by atoms with Crippen molar-refractivity contribution in [1.82, 2.24) is 4.31 Å². The third-order valence-corrected chi connectivity index (χ3v) is 4.95. The van der Waals surface area contributed by atoms with Gasteiger partial charge in [-0.1, -0.05) is 29.8 Å². The monoisotopic (exact) mass is 384 g/mol. The van der Waals surface area contributed by atoms with Crippen LogP contribution in [0.15, 0.2) is 48.5 Å². The predicted molar refractivity (Wildman–Crippen MR) is 96.6 cm³/mol. The fraction of sp³-hybridized carbons (Fsp3) is 0.235. The molecule has 0 spiro atoms. The Morgan fingerprint density at radius 3 is 2.48 bits per heavy atom. The molecule has 0 unspecified atom stereocenters. The molecular formula is C17H18ClFN2O3S. The average Bonchev–Trinajstić information content (AvgIpc) is 2.52. The number of benzene rings is 2. The molecule has 0 aliphatic heterocycles. The Hall–Kier alpha value is -1.96. The fourth-order valence-corrected chi connectivity index (χ4v) is 3.16. The summed E-state index contributed by atoms with van der Waals surface area (Å²) in [6.07, 6.45) is 1.42. The highest BCUT2D eigenvalue weighted by atomic mass is 35.5. The highest BCUT2D eigenvalue weighted by Crippen LogP contribution is 2.15. The van der Waals surface area contributed by atoms with Crippen molar-refractivity contribution in [2.75, 3.05) is 24.7 Å². The van der Waals surface area contributed by atoms with Gasteiger partial charge in [-0.05, 0) is 42.3 Å². The highest BCUT2D eigenvalue weighted by molar-refractivity contribution is 7.88. The molecule has 2 aromatic carbocycles. The Morgan fingerprint density at radius 2 is 1.88 bits per heavy atom. The largest absolute Gasteiger partial charge is 0.325 e. The lowest BCUT2D eigenvalue weighted by molar-refractivity contribution is -0.116. The molecule has 0 saturated heterocycles. The van der Waals surface area contributed by atoms with Crippen molar-refractivity contribution in [3.05, 3.63) is 64.9 Å². The maximum Gasteiger partial charge on any atom is 0.239 e. The third-order valence-electron chi connectivity index (χ3n) is 3.46. The van der Waals surface area contributed by atoms with E-state index in [0.29, 0.717) is 17.1 Å². The van der Waals surface area contributed by atoms with Crippen molar-refractivity contribution >= 4 is 33.2 Å². The van der Waals surface area contributed by atoms with Crippen LogP contribution in [0.2, 0.25) is 5.02 Å². The topological polar surface area (TPSA) is 66.5 Å². The van der Waals surface area contributed by atoms with Gasteiger partial charge in [0.2, 0.25) is 15.9 Å². The molecule has 5 nitrogen and oxygen atoms in total. The van der Waals surface area contributed by atoms with Crippen molar-refractivity contribution in [2.45, 2.75) is 6.42 Å². The molecule has 0 heterocycles. The van der Waals surface area contributed by atoms with Gasteiger partial charge >= 0.3 is 0 Å². The molecule has 0 aliphatic rings. The zero-order chi connectivity index (χ0) is 18.4. The molecule has 2 aromatic rings. The number of anilines is 1. The van der Waals surface area contributed by atoms with Gasteiger partial charge in [-0.2, -0.15) is 4.31 Å². The first-order valence-electron chi connectivity index (χ1n) is 7.49. The van der Waals surface area contributed by atoms with Gasteiger partial charge in [-0.3, -0.25) is 4.79 Å². The van der Waals surface area contributed by atoms with Crippen molar-refractivity contribution < 1.29 is 17.6 Å². The number of nitrogens with one attached hydrogen (secondary N) is 1. The van der Waals surface area contributed by atoms with E-state index in [0.717, 1.165) is 16.1 Å². The van der Waals surface area contributed by atoms with Crippen LogP contribution in [-0.4, -0.2) is 38.0 Å². The molecule has 0 fully saturated rings. The summed E-state index contributed by atoms with van der Waals surface area (Å²) < 4.78 is 37.8. The summed E-state index contributed by atoms with van der Waals surface area (Å²) in [5.74, 6) is -0.823. The first-order valence-corrected chi connectivity index (χ1v) is 9.71. The Kier molecular flexibility index (Phi) is 6.52. The molecule has 2 rings (SSSR count). The fourth-order valence-electron chi connectivity index (χ4n) is 2.19. The van der Waals surface area contributed by atoms with Crippen molar-refractivity contribution in [3.63, 3.8) is 0 Å². The van der Waals surface area contributed by atoms with Gasteiger partial charge in [-0.25, -0.2) is 12.8 Å². The second kappa shape index (κ2) is 8.42. The van der Waals surface area contributed by atoms with Crippen molar-refractivity contribution in [3.8, 4) is 0 Å². The van der Waals surface area contributed by atoms with Crippen molar-refractivity contribution in [1.29, 1.82) is 0 Å². The Labute approximate surface area is 151 Å². The van der Waals surface area contributed by atoms with E-state index in [1.54, 1.807) is 36.4 Å². The summed E-state index contributed by atoms with van der Waals surface area (Å²) in [6, 6.07) is 12.4. The van der Waals surface area contributed by atoms with E-state index < -0.39 is 15.9 Å². The zero-order valence-electron chi connectivity index (χ0n) is 13.6.